The molecule has 0 radical (unpaired) electrons. The van der Waals surface area contributed by atoms with E-state index in [0.717, 1.165) is 10.7 Å². The van der Waals surface area contributed by atoms with Crippen LogP contribution in [0, 0.1) is 0 Å². The highest BCUT2D eigenvalue weighted by atomic mass is 32.1. The van der Waals surface area contributed by atoms with E-state index in [-0.39, 0.29) is 11.6 Å². The summed E-state index contributed by atoms with van der Waals surface area (Å²) in [6.07, 6.45) is 3.42. The van der Waals surface area contributed by atoms with Crippen molar-refractivity contribution in [3.63, 3.8) is 0 Å². The van der Waals surface area contributed by atoms with Gasteiger partial charge in [0.05, 0.1) is 21.3 Å². The Bertz CT molecular complexity index is 1210. The molecule has 0 unspecified atom stereocenters. The first-order chi connectivity index (χ1) is 13.1. The van der Waals surface area contributed by atoms with Gasteiger partial charge in [0.15, 0.2) is 10.6 Å². The molecular weight excluding hydrogens is 360 g/mol. The fourth-order valence-electron chi connectivity index (χ4n) is 2.67. The molecule has 27 heavy (non-hydrogen) atoms. The van der Waals surface area contributed by atoms with Crippen molar-refractivity contribution in [3.05, 3.63) is 87.4 Å². The van der Waals surface area contributed by atoms with Gasteiger partial charge in [-0.05, 0) is 24.3 Å². The van der Waals surface area contributed by atoms with Gasteiger partial charge in [-0.1, -0.05) is 35.6 Å². The zero-order chi connectivity index (χ0) is 18.8. The van der Waals surface area contributed by atoms with E-state index in [1.807, 2.05) is 24.3 Å². The summed E-state index contributed by atoms with van der Waals surface area (Å²) in [6.45, 7) is 4.14. The minimum atomic E-state index is 0.0765. The second kappa shape index (κ2) is 7.05. The lowest BCUT2D eigenvalue weighted by atomic mass is 10.3. The van der Waals surface area contributed by atoms with Crippen LogP contribution in [0.1, 0.15) is 4.88 Å². The van der Waals surface area contributed by atoms with E-state index in [0.29, 0.717) is 27.7 Å². The average molecular weight is 376 g/mol. The van der Waals surface area contributed by atoms with Gasteiger partial charge < -0.3 is 10.2 Å². The SMILES string of the molecule is C=CCn1c(O)c(C=C2N=c3ccccc3=N2)sc1=Nc1cccc(O)c1. The molecule has 0 bridgehead atoms. The predicted octanol–water partition coefficient (Wildman–Crippen LogP) is 2.63. The lowest BCUT2D eigenvalue weighted by Gasteiger charge is -2.00. The monoisotopic (exact) mass is 376 g/mol. The molecule has 0 spiro atoms. The first kappa shape index (κ1) is 17.0. The Morgan fingerprint density at radius 1 is 1.07 bits per heavy atom. The second-order valence-electron chi connectivity index (χ2n) is 5.82. The number of aromatic hydroxyl groups is 2. The predicted molar refractivity (Wildman–Crippen MR) is 104 cm³/mol. The van der Waals surface area contributed by atoms with E-state index in [1.165, 1.54) is 11.3 Å². The molecule has 0 amide bonds. The molecule has 6 nitrogen and oxygen atoms in total. The third-order valence-corrected chi connectivity index (χ3v) is 4.90. The third-order valence-electron chi connectivity index (χ3n) is 3.89. The molecule has 134 valence electrons. The van der Waals surface area contributed by atoms with Gasteiger partial charge in [-0.2, -0.15) is 0 Å². The van der Waals surface area contributed by atoms with Crippen molar-refractivity contribution in [1.82, 2.24) is 4.57 Å². The summed E-state index contributed by atoms with van der Waals surface area (Å²) < 4.78 is 1.65. The van der Waals surface area contributed by atoms with Crippen LogP contribution < -0.4 is 15.5 Å². The van der Waals surface area contributed by atoms with E-state index in [9.17, 15) is 10.2 Å². The molecule has 0 saturated heterocycles. The smallest absolute Gasteiger partial charge is 0.211 e. The number of nitrogens with zero attached hydrogens (tertiary/aromatic N) is 4. The van der Waals surface area contributed by atoms with Gasteiger partial charge in [-0.15, -0.1) is 6.58 Å². The zero-order valence-corrected chi connectivity index (χ0v) is 15.1. The molecule has 3 aromatic rings. The molecule has 1 aliphatic heterocycles. The fraction of sp³-hybridized carbons (Fsp3) is 0.0500. The number of para-hydroxylation sites is 2. The zero-order valence-electron chi connectivity index (χ0n) is 14.3. The molecule has 2 heterocycles. The minimum absolute atomic E-state index is 0.0765. The number of thiazole rings is 1. The van der Waals surface area contributed by atoms with Crippen molar-refractivity contribution in [2.24, 2.45) is 15.0 Å². The topological polar surface area (TPSA) is 82.5 Å². The lowest BCUT2D eigenvalue weighted by Crippen LogP contribution is -2.19. The first-order valence-electron chi connectivity index (χ1n) is 8.25. The van der Waals surface area contributed by atoms with E-state index in [4.69, 9.17) is 0 Å². The highest BCUT2D eigenvalue weighted by Gasteiger charge is 2.12. The van der Waals surface area contributed by atoms with Crippen LogP contribution in [-0.2, 0) is 6.54 Å². The van der Waals surface area contributed by atoms with Crippen molar-refractivity contribution in [1.29, 1.82) is 0 Å². The molecule has 2 N–H and O–H groups in total. The van der Waals surface area contributed by atoms with Crippen LogP contribution in [0.3, 0.4) is 0 Å². The molecule has 0 fully saturated rings. The van der Waals surface area contributed by atoms with Crippen molar-refractivity contribution in [3.8, 4) is 11.6 Å². The number of phenols is 1. The summed E-state index contributed by atoms with van der Waals surface area (Å²) >= 11 is 1.31. The molecule has 2 aromatic carbocycles. The van der Waals surface area contributed by atoms with Crippen molar-refractivity contribution < 1.29 is 10.2 Å². The number of benzene rings is 2. The third kappa shape index (κ3) is 3.45. The summed E-state index contributed by atoms with van der Waals surface area (Å²) in [6, 6.07) is 14.3. The highest BCUT2D eigenvalue weighted by Crippen LogP contribution is 2.25. The summed E-state index contributed by atoms with van der Waals surface area (Å²) in [5.74, 6) is 0.742. The van der Waals surface area contributed by atoms with Gasteiger partial charge in [0, 0.05) is 18.7 Å². The lowest BCUT2D eigenvalue weighted by molar-refractivity contribution is 0.421. The van der Waals surface area contributed by atoms with Crippen LogP contribution in [0.15, 0.2) is 82.0 Å². The normalized spacial score (nSPS) is 13.0. The minimum Gasteiger partial charge on any atom is -0.508 e. The summed E-state index contributed by atoms with van der Waals surface area (Å²) in [5.41, 5.74) is 0.593. The van der Waals surface area contributed by atoms with Gasteiger partial charge in [-0.3, -0.25) is 4.57 Å². The Morgan fingerprint density at radius 2 is 1.81 bits per heavy atom. The Hall–Kier alpha value is -3.45. The van der Waals surface area contributed by atoms with Crippen LogP contribution >= 0.6 is 11.3 Å². The second-order valence-corrected chi connectivity index (χ2v) is 6.83. The molecule has 1 aliphatic rings. The van der Waals surface area contributed by atoms with E-state index in [2.05, 4.69) is 21.6 Å². The Labute approximate surface area is 158 Å². The van der Waals surface area contributed by atoms with E-state index in [1.54, 1.807) is 41.0 Å². The molecule has 1 aromatic heterocycles. The number of hydrogen-bond acceptors (Lipinski definition) is 6. The Morgan fingerprint density at radius 3 is 2.48 bits per heavy atom. The van der Waals surface area contributed by atoms with E-state index < -0.39 is 0 Å². The largest absolute Gasteiger partial charge is 0.508 e. The molecule has 0 aliphatic carbocycles. The van der Waals surface area contributed by atoms with Gasteiger partial charge in [0.25, 0.3) is 0 Å². The van der Waals surface area contributed by atoms with Crippen LogP contribution in [0.2, 0.25) is 0 Å². The fourth-order valence-corrected chi connectivity index (χ4v) is 3.66. The van der Waals surface area contributed by atoms with Crippen LogP contribution in [-0.4, -0.2) is 14.8 Å². The van der Waals surface area contributed by atoms with Crippen molar-refractivity contribution >= 4 is 23.1 Å². The van der Waals surface area contributed by atoms with Crippen LogP contribution in [0.5, 0.6) is 11.6 Å². The van der Waals surface area contributed by atoms with E-state index >= 15 is 0 Å². The maximum absolute atomic E-state index is 10.6. The van der Waals surface area contributed by atoms with Crippen LogP contribution in [0.4, 0.5) is 5.69 Å². The number of rotatable bonds is 4. The number of aromatic nitrogens is 1. The average Bonchev–Trinajstić information content (AvgIpc) is 3.18. The Balaban J connectivity index is 1.83. The number of fused-ring (bicyclic) bond motifs is 1. The molecular formula is C20H16N4O2S. The summed E-state index contributed by atoms with van der Waals surface area (Å²) in [7, 11) is 0. The summed E-state index contributed by atoms with van der Waals surface area (Å²) in [4.78, 5) is 14.7. The maximum Gasteiger partial charge on any atom is 0.211 e. The number of allylic oxidation sites excluding steroid dienone is 1. The Kier molecular flexibility index (Phi) is 4.43. The maximum atomic E-state index is 10.6. The molecule has 0 saturated carbocycles. The highest BCUT2D eigenvalue weighted by molar-refractivity contribution is 7.10. The molecule has 4 rings (SSSR count). The number of phenolic OH excluding ortho intramolecular Hbond substituents is 1. The number of hydrogen-bond donors (Lipinski definition) is 2. The van der Waals surface area contributed by atoms with Gasteiger partial charge in [0.2, 0.25) is 5.88 Å². The summed E-state index contributed by atoms with van der Waals surface area (Å²) in [5, 5.41) is 21.9. The quantitative estimate of drug-likeness (QED) is 0.686. The van der Waals surface area contributed by atoms with Crippen LogP contribution in [0.25, 0.3) is 6.08 Å². The first-order valence-corrected chi connectivity index (χ1v) is 9.07. The van der Waals surface area contributed by atoms with Gasteiger partial charge in [0.1, 0.15) is 5.75 Å². The van der Waals surface area contributed by atoms with Crippen molar-refractivity contribution in [2.45, 2.75) is 6.54 Å². The van der Waals surface area contributed by atoms with Crippen molar-refractivity contribution in [2.75, 3.05) is 0 Å². The standard InChI is InChI=1S/C20H16N4O2S/c1-2-10-24-19(26)17(12-18-22-15-8-3-4-9-16(15)23-18)27-20(24)21-13-6-5-7-14(25)11-13/h2-9,11-12,25-26H,1,10H2. The van der Waals surface area contributed by atoms with Gasteiger partial charge >= 0.3 is 0 Å². The molecule has 7 heteroatoms. The van der Waals surface area contributed by atoms with Gasteiger partial charge in [-0.25, -0.2) is 15.0 Å². The molecule has 0 atom stereocenters.